The van der Waals surface area contributed by atoms with Crippen molar-refractivity contribution in [1.82, 2.24) is 0 Å². The molecule has 108 valence electrons. The highest BCUT2D eigenvalue weighted by molar-refractivity contribution is 8.01. The molecule has 1 aliphatic rings. The molecule has 4 nitrogen and oxygen atoms in total. The van der Waals surface area contributed by atoms with Crippen molar-refractivity contribution in [3.05, 3.63) is 59.7 Å². The SMILES string of the molecule is O=C(O)c1ccccc1SC1CS(=O)(=O)c2ccccc21. The van der Waals surface area contributed by atoms with Crippen LogP contribution in [0, 0.1) is 0 Å². The summed E-state index contributed by atoms with van der Waals surface area (Å²) in [4.78, 5) is 12.2. The smallest absolute Gasteiger partial charge is 0.336 e. The molecule has 2 aromatic carbocycles. The van der Waals surface area contributed by atoms with Crippen molar-refractivity contribution in [3.63, 3.8) is 0 Å². The molecule has 0 aliphatic carbocycles. The van der Waals surface area contributed by atoms with E-state index in [9.17, 15) is 18.3 Å². The van der Waals surface area contributed by atoms with Crippen LogP contribution >= 0.6 is 11.8 Å². The highest BCUT2D eigenvalue weighted by Gasteiger charge is 2.35. The molecule has 0 bridgehead atoms. The summed E-state index contributed by atoms with van der Waals surface area (Å²) in [5, 5.41) is 8.93. The average molecular weight is 320 g/mol. The predicted octanol–water partition coefficient (Wildman–Crippen LogP) is 3.01. The van der Waals surface area contributed by atoms with E-state index < -0.39 is 15.8 Å². The number of fused-ring (bicyclic) bond motifs is 1. The van der Waals surface area contributed by atoms with E-state index in [-0.39, 0.29) is 16.6 Å². The Morgan fingerprint density at radius 2 is 1.76 bits per heavy atom. The summed E-state index contributed by atoms with van der Waals surface area (Å²) in [6.45, 7) is 0. The number of carboxylic acids is 1. The van der Waals surface area contributed by atoms with E-state index >= 15 is 0 Å². The maximum absolute atomic E-state index is 12.1. The zero-order valence-electron chi connectivity index (χ0n) is 10.9. The van der Waals surface area contributed by atoms with Crippen LogP contribution in [0.15, 0.2) is 58.3 Å². The molecule has 1 N–H and O–H groups in total. The summed E-state index contributed by atoms with van der Waals surface area (Å²) in [5.74, 6) is -1.00. The van der Waals surface area contributed by atoms with Gasteiger partial charge < -0.3 is 5.11 Å². The first-order valence-corrected chi connectivity index (χ1v) is 8.83. The van der Waals surface area contributed by atoms with E-state index in [1.54, 1.807) is 42.5 Å². The molecule has 0 fully saturated rings. The number of rotatable bonds is 3. The average Bonchev–Trinajstić information content (AvgIpc) is 2.71. The van der Waals surface area contributed by atoms with Crippen molar-refractivity contribution < 1.29 is 18.3 Å². The quantitative estimate of drug-likeness (QED) is 0.941. The van der Waals surface area contributed by atoms with Gasteiger partial charge in [-0.15, -0.1) is 11.8 Å². The van der Waals surface area contributed by atoms with Crippen molar-refractivity contribution in [2.24, 2.45) is 0 Å². The summed E-state index contributed by atoms with van der Waals surface area (Å²) in [5.41, 5.74) is 0.951. The van der Waals surface area contributed by atoms with Crippen LogP contribution in [-0.2, 0) is 9.84 Å². The van der Waals surface area contributed by atoms with Crippen LogP contribution in [0.5, 0.6) is 0 Å². The largest absolute Gasteiger partial charge is 0.478 e. The van der Waals surface area contributed by atoms with Crippen LogP contribution in [0.2, 0.25) is 0 Å². The number of carboxylic acid groups (broad SMARTS) is 1. The van der Waals surface area contributed by atoms with Gasteiger partial charge in [0.1, 0.15) is 0 Å². The van der Waals surface area contributed by atoms with Crippen molar-refractivity contribution in [2.75, 3.05) is 5.75 Å². The van der Waals surface area contributed by atoms with Crippen LogP contribution in [0.1, 0.15) is 21.2 Å². The number of hydrogen-bond acceptors (Lipinski definition) is 4. The van der Waals surface area contributed by atoms with Gasteiger partial charge in [0.2, 0.25) is 0 Å². The van der Waals surface area contributed by atoms with Crippen LogP contribution in [-0.4, -0.2) is 25.2 Å². The normalized spacial score (nSPS) is 19.1. The third-order valence-corrected chi connectivity index (χ3v) is 6.70. The van der Waals surface area contributed by atoms with Gasteiger partial charge in [-0.1, -0.05) is 30.3 Å². The molecule has 2 aromatic rings. The van der Waals surface area contributed by atoms with Crippen LogP contribution < -0.4 is 0 Å². The predicted molar refractivity (Wildman–Crippen MR) is 80.5 cm³/mol. The molecule has 21 heavy (non-hydrogen) atoms. The summed E-state index contributed by atoms with van der Waals surface area (Å²) in [7, 11) is -3.28. The van der Waals surface area contributed by atoms with Crippen molar-refractivity contribution in [2.45, 2.75) is 15.0 Å². The second-order valence-electron chi connectivity index (χ2n) is 4.73. The second kappa shape index (κ2) is 5.20. The van der Waals surface area contributed by atoms with Gasteiger partial charge in [-0.05, 0) is 23.8 Å². The number of aromatic carboxylic acids is 1. The van der Waals surface area contributed by atoms with Gasteiger partial charge in [0.15, 0.2) is 9.84 Å². The monoisotopic (exact) mass is 320 g/mol. The lowest BCUT2D eigenvalue weighted by atomic mass is 10.2. The Kier molecular flexibility index (Phi) is 3.51. The third kappa shape index (κ3) is 2.56. The Balaban J connectivity index is 2.00. The van der Waals surface area contributed by atoms with Crippen LogP contribution in [0.4, 0.5) is 0 Å². The lowest BCUT2D eigenvalue weighted by Gasteiger charge is -2.11. The Labute approximate surface area is 126 Å². The Morgan fingerprint density at radius 1 is 1.10 bits per heavy atom. The molecule has 0 saturated heterocycles. The Bertz CT molecular complexity index is 812. The minimum Gasteiger partial charge on any atom is -0.478 e. The van der Waals surface area contributed by atoms with Crippen LogP contribution in [0.25, 0.3) is 0 Å². The summed E-state index contributed by atoms with van der Waals surface area (Å²) >= 11 is 1.29. The third-order valence-electron chi connectivity index (χ3n) is 3.36. The van der Waals surface area contributed by atoms with E-state index in [0.717, 1.165) is 5.56 Å². The lowest BCUT2D eigenvalue weighted by molar-refractivity contribution is 0.0693. The van der Waals surface area contributed by atoms with Crippen molar-refractivity contribution >= 4 is 27.6 Å². The number of sulfone groups is 1. The molecule has 1 unspecified atom stereocenters. The molecule has 0 aromatic heterocycles. The molecule has 0 amide bonds. The molecule has 1 atom stereocenters. The summed E-state index contributed by atoms with van der Waals surface area (Å²) in [6, 6.07) is 13.6. The van der Waals surface area contributed by atoms with E-state index in [4.69, 9.17) is 0 Å². The molecule has 6 heteroatoms. The van der Waals surface area contributed by atoms with Gasteiger partial charge in [0.05, 0.1) is 21.5 Å². The minimum absolute atomic E-state index is 0.00493. The maximum atomic E-state index is 12.1. The molecule has 0 spiro atoms. The number of hydrogen-bond donors (Lipinski definition) is 1. The highest BCUT2D eigenvalue weighted by Crippen LogP contribution is 2.45. The fraction of sp³-hybridized carbons (Fsp3) is 0.133. The van der Waals surface area contributed by atoms with Crippen molar-refractivity contribution in [3.8, 4) is 0 Å². The minimum atomic E-state index is -3.28. The van der Waals surface area contributed by atoms with Gasteiger partial charge in [-0.25, -0.2) is 13.2 Å². The standard InChI is InChI=1S/C15H12O4S2/c16-15(17)11-6-1-3-7-12(11)20-13-9-21(18,19)14-8-4-2-5-10(13)14/h1-8,13H,9H2,(H,16,17). The summed E-state index contributed by atoms with van der Waals surface area (Å²) < 4.78 is 24.3. The van der Waals surface area contributed by atoms with E-state index in [1.165, 1.54) is 17.8 Å². The first-order valence-electron chi connectivity index (χ1n) is 6.30. The molecule has 1 aliphatic heterocycles. The molecule has 0 radical (unpaired) electrons. The fourth-order valence-corrected chi connectivity index (χ4v) is 5.98. The zero-order valence-corrected chi connectivity index (χ0v) is 12.5. The van der Waals surface area contributed by atoms with Gasteiger partial charge >= 0.3 is 5.97 Å². The highest BCUT2D eigenvalue weighted by atomic mass is 32.2. The molecular formula is C15H12O4S2. The van der Waals surface area contributed by atoms with E-state index in [2.05, 4.69) is 0 Å². The molecule has 1 heterocycles. The zero-order chi connectivity index (χ0) is 15.0. The molecule has 0 saturated carbocycles. The number of benzene rings is 2. The van der Waals surface area contributed by atoms with Gasteiger partial charge in [0.25, 0.3) is 0 Å². The van der Waals surface area contributed by atoms with Gasteiger partial charge in [0, 0.05) is 4.90 Å². The maximum Gasteiger partial charge on any atom is 0.336 e. The van der Waals surface area contributed by atoms with E-state index in [1.807, 2.05) is 0 Å². The lowest BCUT2D eigenvalue weighted by Crippen LogP contribution is -2.03. The molecule has 3 rings (SSSR count). The van der Waals surface area contributed by atoms with Crippen molar-refractivity contribution in [1.29, 1.82) is 0 Å². The topological polar surface area (TPSA) is 71.4 Å². The second-order valence-corrected chi connectivity index (χ2v) is 7.97. The summed E-state index contributed by atoms with van der Waals surface area (Å²) in [6.07, 6.45) is 0. The van der Waals surface area contributed by atoms with E-state index in [0.29, 0.717) is 9.79 Å². The first kappa shape index (κ1) is 14.2. The molecular weight excluding hydrogens is 308 g/mol. The first-order chi connectivity index (χ1) is 9.99. The number of carbonyl (C=O) groups is 1. The van der Waals surface area contributed by atoms with Gasteiger partial charge in [-0.3, -0.25) is 0 Å². The fourth-order valence-electron chi connectivity index (χ4n) is 2.41. The Hall–Kier alpha value is -1.79. The van der Waals surface area contributed by atoms with Crippen LogP contribution in [0.3, 0.4) is 0 Å². The number of thioether (sulfide) groups is 1. The van der Waals surface area contributed by atoms with Gasteiger partial charge in [-0.2, -0.15) is 0 Å². The Morgan fingerprint density at radius 3 is 2.52 bits per heavy atom.